The van der Waals surface area contributed by atoms with Gasteiger partial charge < -0.3 is 20.1 Å². The van der Waals surface area contributed by atoms with Crippen LogP contribution in [0.25, 0.3) is 0 Å². The summed E-state index contributed by atoms with van der Waals surface area (Å²) in [6.07, 6.45) is 0. The quantitative estimate of drug-likeness (QED) is 0.449. The third-order valence-corrected chi connectivity index (χ3v) is 5.92. The Hall–Kier alpha value is -3.36. The van der Waals surface area contributed by atoms with Crippen LogP contribution in [0.2, 0.25) is 5.02 Å². The van der Waals surface area contributed by atoms with Gasteiger partial charge in [0.15, 0.2) is 0 Å². The number of methoxy groups -OCH3 is 1. The molecule has 2 aromatic carbocycles. The first-order chi connectivity index (χ1) is 15.3. The SMILES string of the molecule is CCOC(=O)c1c(NC(=O)c2cccc(OC)c2)sc(C(=O)Nc2cccc(Cl)c2)c1C. The maximum Gasteiger partial charge on any atom is 0.341 e. The van der Waals surface area contributed by atoms with Crippen molar-refractivity contribution in [3.05, 3.63) is 75.1 Å². The molecule has 0 bridgehead atoms. The maximum absolute atomic E-state index is 12.9. The van der Waals surface area contributed by atoms with Crippen LogP contribution in [-0.4, -0.2) is 31.5 Å². The summed E-state index contributed by atoms with van der Waals surface area (Å²) in [5.41, 5.74) is 1.41. The van der Waals surface area contributed by atoms with Gasteiger partial charge in [0.05, 0.1) is 24.2 Å². The first kappa shape index (κ1) is 23.3. The largest absolute Gasteiger partial charge is 0.497 e. The number of rotatable bonds is 7. The number of hydrogen-bond donors (Lipinski definition) is 2. The lowest BCUT2D eigenvalue weighted by atomic mass is 10.1. The first-order valence-corrected chi connectivity index (χ1v) is 10.9. The van der Waals surface area contributed by atoms with E-state index in [2.05, 4.69) is 10.6 Å². The normalized spacial score (nSPS) is 10.4. The molecular weight excluding hydrogens is 452 g/mol. The Labute approximate surface area is 194 Å². The molecule has 9 heteroatoms. The van der Waals surface area contributed by atoms with Gasteiger partial charge in [0.1, 0.15) is 10.8 Å². The van der Waals surface area contributed by atoms with E-state index in [9.17, 15) is 14.4 Å². The average Bonchev–Trinajstić information content (AvgIpc) is 3.09. The highest BCUT2D eigenvalue weighted by atomic mass is 35.5. The molecule has 0 aliphatic heterocycles. The van der Waals surface area contributed by atoms with Crippen molar-refractivity contribution in [1.29, 1.82) is 0 Å². The summed E-state index contributed by atoms with van der Waals surface area (Å²) in [6, 6.07) is 13.3. The van der Waals surface area contributed by atoms with Gasteiger partial charge in [-0.25, -0.2) is 4.79 Å². The number of carbonyl (C=O) groups is 3. The molecule has 3 aromatic rings. The van der Waals surface area contributed by atoms with Crippen LogP contribution < -0.4 is 15.4 Å². The zero-order chi connectivity index (χ0) is 23.3. The Balaban J connectivity index is 1.94. The van der Waals surface area contributed by atoms with Gasteiger partial charge in [-0.2, -0.15) is 0 Å². The molecule has 2 N–H and O–H groups in total. The van der Waals surface area contributed by atoms with Crippen LogP contribution in [0, 0.1) is 6.92 Å². The van der Waals surface area contributed by atoms with E-state index in [-0.39, 0.29) is 22.0 Å². The van der Waals surface area contributed by atoms with Gasteiger partial charge in [0.2, 0.25) is 0 Å². The van der Waals surface area contributed by atoms with Gasteiger partial charge in [-0.1, -0.05) is 23.7 Å². The number of amides is 2. The summed E-state index contributed by atoms with van der Waals surface area (Å²) in [4.78, 5) is 38.6. The predicted octanol–water partition coefficient (Wildman–Crippen LogP) is 5.40. The number of halogens is 1. The lowest BCUT2D eigenvalue weighted by Gasteiger charge is -2.08. The molecule has 0 unspecified atom stereocenters. The van der Waals surface area contributed by atoms with E-state index in [4.69, 9.17) is 21.1 Å². The third-order valence-electron chi connectivity index (χ3n) is 4.47. The fourth-order valence-corrected chi connectivity index (χ4v) is 4.24. The molecule has 0 aliphatic rings. The number of benzene rings is 2. The van der Waals surface area contributed by atoms with Gasteiger partial charge in [-0.15, -0.1) is 11.3 Å². The van der Waals surface area contributed by atoms with Crippen LogP contribution in [-0.2, 0) is 4.74 Å². The molecule has 2 amide bonds. The van der Waals surface area contributed by atoms with E-state index in [1.165, 1.54) is 7.11 Å². The molecular formula is C23H21ClN2O5S. The molecule has 0 aliphatic carbocycles. The number of anilines is 2. The van der Waals surface area contributed by atoms with E-state index in [0.29, 0.717) is 27.6 Å². The number of esters is 1. The van der Waals surface area contributed by atoms with Crippen molar-refractivity contribution in [3.8, 4) is 5.75 Å². The minimum atomic E-state index is -0.621. The molecule has 0 saturated heterocycles. The second-order valence-electron chi connectivity index (χ2n) is 6.63. The van der Waals surface area contributed by atoms with Crippen molar-refractivity contribution in [2.24, 2.45) is 0 Å². The minimum absolute atomic E-state index is 0.143. The van der Waals surface area contributed by atoms with Crippen molar-refractivity contribution in [2.45, 2.75) is 13.8 Å². The van der Waals surface area contributed by atoms with Crippen molar-refractivity contribution in [2.75, 3.05) is 24.4 Å². The highest BCUT2D eigenvalue weighted by molar-refractivity contribution is 7.19. The second-order valence-corrected chi connectivity index (χ2v) is 8.09. The molecule has 166 valence electrons. The zero-order valence-corrected chi connectivity index (χ0v) is 19.2. The van der Waals surface area contributed by atoms with Crippen molar-refractivity contribution in [3.63, 3.8) is 0 Å². The molecule has 3 rings (SSSR count). The lowest BCUT2D eigenvalue weighted by Crippen LogP contribution is -2.15. The van der Waals surface area contributed by atoms with Gasteiger partial charge in [-0.05, 0) is 55.8 Å². The molecule has 0 spiro atoms. The van der Waals surface area contributed by atoms with E-state index in [1.807, 2.05) is 0 Å². The van der Waals surface area contributed by atoms with Crippen LogP contribution in [0.5, 0.6) is 5.75 Å². The molecule has 1 aromatic heterocycles. The summed E-state index contributed by atoms with van der Waals surface area (Å²) in [7, 11) is 1.50. The smallest absolute Gasteiger partial charge is 0.341 e. The number of thiophene rings is 1. The predicted molar refractivity (Wildman–Crippen MR) is 125 cm³/mol. The Morgan fingerprint density at radius 2 is 1.78 bits per heavy atom. The van der Waals surface area contributed by atoms with E-state index < -0.39 is 17.8 Å². The summed E-state index contributed by atoms with van der Waals surface area (Å²) < 4.78 is 10.3. The Kier molecular flexibility index (Phi) is 7.50. The molecule has 7 nitrogen and oxygen atoms in total. The summed E-state index contributed by atoms with van der Waals surface area (Å²) in [5, 5.41) is 6.19. The van der Waals surface area contributed by atoms with Crippen LogP contribution in [0.4, 0.5) is 10.7 Å². The van der Waals surface area contributed by atoms with Crippen LogP contribution >= 0.6 is 22.9 Å². The second kappa shape index (κ2) is 10.3. The lowest BCUT2D eigenvalue weighted by molar-refractivity contribution is 0.0527. The number of hydrogen-bond acceptors (Lipinski definition) is 6. The van der Waals surface area contributed by atoms with Crippen molar-refractivity contribution >= 4 is 51.4 Å². The maximum atomic E-state index is 12.9. The summed E-state index contributed by atoms with van der Waals surface area (Å²) >= 11 is 6.98. The monoisotopic (exact) mass is 472 g/mol. The standard InChI is InChI=1S/C23H21ClN2O5S/c1-4-31-23(29)18-13(2)19(21(28)25-16-9-6-8-15(24)12-16)32-22(18)26-20(27)14-7-5-10-17(11-14)30-3/h5-12H,4H2,1-3H3,(H,25,28)(H,26,27). The summed E-state index contributed by atoms with van der Waals surface area (Å²) in [5.74, 6) is -0.976. The van der Waals surface area contributed by atoms with Crippen molar-refractivity contribution < 1.29 is 23.9 Å². The molecule has 0 radical (unpaired) electrons. The first-order valence-electron chi connectivity index (χ1n) is 9.66. The van der Waals surface area contributed by atoms with Crippen LogP contribution in [0.3, 0.4) is 0 Å². The average molecular weight is 473 g/mol. The molecule has 0 fully saturated rings. The molecule has 1 heterocycles. The molecule has 0 saturated carbocycles. The topological polar surface area (TPSA) is 93.7 Å². The fourth-order valence-electron chi connectivity index (χ4n) is 2.96. The zero-order valence-electron chi connectivity index (χ0n) is 17.7. The minimum Gasteiger partial charge on any atom is -0.497 e. The van der Waals surface area contributed by atoms with Gasteiger partial charge in [0.25, 0.3) is 11.8 Å². The number of carbonyl (C=O) groups excluding carboxylic acids is 3. The molecule has 32 heavy (non-hydrogen) atoms. The third kappa shape index (κ3) is 5.27. The van der Waals surface area contributed by atoms with E-state index in [1.54, 1.807) is 62.4 Å². The van der Waals surface area contributed by atoms with E-state index >= 15 is 0 Å². The Morgan fingerprint density at radius 3 is 2.47 bits per heavy atom. The number of nitrogens with one attached hydrogen (secondary N) is 2. The highest BCUT2D eigenvalue weighted by Gasteiger charge is 2.27. The van der Waals surface area contributed by atoms with E-state index in [0.717, 1.165) is 11.3 Å². The van der Waals surface area contributed by atoms with Gasteiger partial charge in [0, 0.05) is 16.3 Å². The fraction of sp³-hybridized carbons (Fsp3) is 0.174. The highest BCUT2D eigenvalue weighted by Crippen LogP contribution is 2.35. The summed E-state index contributed by atoms with van der Waals surface area (Å²) in [6.45, 7) is 3.47. The van der Waals surface area contributed by atoms with Crippen LogP contribution in [0.1, 0.15) is 42.9 Å². The Bertz CT molecular complexity index is 1170. The number of ether oxygens (including phenoxy) is 2. The van der Waals surface area contributed by atoms with Gasteiger partial charge >= 0.3 is 5.97 Å². The van der Waals surface area contributed by atoms with Crippen LogP contribution in [0.15, 0.2) is 48.5 Å². The Morgan fingerprint density at radius 1 is 1.03 bits per heavy atom. The van der Waals surface area contributed by atoms with Gasteiger partial charge in [-0.3, -0.25) is 9.59 Å². The molecule has 0 atom stereocenters. The van der Waals surface area contributed by atoms with Crippen molar-refractivity contribution in [1.82, 2.24) is 0 Å².